The molecule has 1 aromatic rings. The molecule has 1 aromatic carbocycles. The summed E-state index contributed by atoms with van der Waals surface area (Å²) in [6, 6.07) is 2.74. The molecule has 0 aliphatic rings. The maximum atomic E-state index is 12.2. The number of amides is 3. The van der Waals surface area contributed by atoms with Gasteiger partial charge in [-0.2, -0.15) is 0 Å². The molecule has 1 unspecified atom stereocenters. The number of hydrogen-bond acceptors (Lipinski definition) is 2. The third-order valence-electron chi connectivity index (χ3n) is 3.30. The number of urea groups is 1. The SMILES string of the molecule is CNC(=O)CC(C)N(C)C(=O)Nc1ccc(Cl)c(C)c1Cl. The summed E-state index contributed by atoms with van der Waals surface area (Å²) in [5.41, 5.74) is 1.19. The van der Waals surface area contributed by atoms with Crippen molar-refractivity contribution in [3.8, 4) is 0 Å². The van der Waals surface area contributed by atoms with Gasteiger partial charge in [0.2, 0.25) is 5.91 Å². The second-order valence-corrected chi connectivity index (χ2v) is 5.59. The van der Waals surface area contributed by atoms with Gasteiger partial charge in [-0.25, -0.2) is 4.79 Å². The van der Waals surface area contributed by atoms with E-state index in [9.17, 15) is 9.59 Å². The van der Waals surface area contributed by atoms with Gasteiger partial charge in [0.1, 0.15) is 0 Å². The van der Waals surface area contributed by atoms with Crippen LogP contribution < -0.4 is 10.6 Å². The number of halogens is 2. The van der Waals surface area contributed by atoms with Crippen LogP contribution in [-0.2, 0) is 4.79 Å². The zero-order valence-corrected chi connectivity index (χ0v) is 14.0. The third-order valence-corrected chi connectivity index (χ3v) is 4.20. The second-order valence-electron chi connectivity index (χ2n) is 4.80. The van der Waals surface area contributed by atoms with Gasteiger partial charge in [0, 0.05) is 31.6 Å². The lowest BCUT2D eigenvalue weighted by atomic mass is 10.2. The van der Waals surface area contributed by atoms with Gasteiger partial charge in [0.05, 0.1) is 10.7 Å². The summed E-state index contributed by atoms with van der Waals surface area (Å²) in [7, 11) is 3.19. The van der Waals surface area contributed by atoms with Crippen LogP contribution in [0.5, 0.6) is 0 Å². The van der Waals surface area contributed by atoms with E-state index in [0.29, 0.717) is 21.3 Å². The van der Waals surface area contributed by atoms with Crippen molar-refractivity contribution in [1.29, 1.82) is 0 Å². The molecule has 0 saturated carbocycles. The number of carbonyl (C=O) groups is 2. The standard InChI is InChI=1S/C14H19Cl2N3O2/c1-8(7-12(20)17-3)19(4)14(21)18-11-6-5-10(15)9(2)13(11)16/h5-6,8H,7H2,1-4H3,(H,17,20)(H,18,21). The molecule has 0 aliphatic heterocycles. The van der Waals surface area contributed by atoms with Gasteiger partial charge >= 0.3 is 6.03 Å². The summed E-state index contributed by atoms with van der Waals surface area (Å²) < 4.78 is 0. The Morgan fingerprint density at radius 3 is 2.52 bits per heavy atom. The number of anilines is 1. The summed E-state index contributed by atoms with van der Waals surface area (Å²) in [4.78, 5) is 25.0. The van der Waals surface area contributed by atoms with E-state index in [-0.39, 0.29) is 24.4 Å². The Morgan fingerprint density at radius 1 is 1.33 bits per heavy atom. The average Bonchev–Trinajstić information content (AvgIpc) is 2.46. The minimum Gasteiger partial charge on any atom is -0.359 e. The van der Waals surface area contributed by atoms with E-state index in [1.54, 1.807) is 40.1 Å². The van der Waals surface area contributed by atoms with Gasteiger partial charge in [-0.15, -0.1) is 0 Å². The number of carbonyl (C=O) groups excluding carboxylic acids is 2. The quantitative estimate of drug-likeness (QED) is 0.889. The number of nitrogens with one attached hydrogen (secondary N) is 2. The van der Waals surface area contributed by atoms with Crippen LogP contribution in [-0.4, -0.2) is 37.0 Å². The maximum absolute atomic E-state index is 12.2. The molecule has 0 heterocycles. The molecule has 1 rings (SSSR count). The van der Waals surface area contributed by atoms with Crippen molar-refractivity contribution in [2.45, 2.75) is 26.3 Å². The van der Waals surface area contributed by atoms with E-state index in [1.165, 1.54) is 4.90 Å². The van der Waals surface area contributed by atoms with Crippen LogP contribution in [0.2, 0.25) is 10.0 Å². The number of rotatable bonds is 4. The summed E-state index contributed by atoms with van der Waals surface area (Å²) in [6.45, 7) is 3.57. The summed E-state index contributed by atoms with van der Waals surface area (Å²) >= 11 is 12.1. The first-order valence-corrected chi connectivity index (χ1v) is 7.22. The van der Waals surface area contributed by atoms with E-state index >= 15 is 0 Å². The predicted octanol–water partition coefficient (Wildman–Crippen LogP) is 3.29. The highest BCUT2D eigenvalue weighted by Gasteiger charge is 2.19. The Labute approximate surface area is 134 Å². The Hall–Kier alpha value is -1.46. The molecule has 0 radical (unpaired) electrons. The summed E-state index contributed by atoms with van der Waals surface area (Å²) in [5, 5.41) is 6.19. The monoisotopic (exact) mass is 331 g/mol. The molecular weight excluding hydrogens is 313 g/mol. The van der Waals surface area contributed by atoms with E-state index in [1.807, 2.05) is 0 Å². The fraction of sp³-hybridized carbons (Fsp3) is 0.429. The smallest absolute Gasteiger partial charge is 0.321 e. The lowest BCUT2D eigenvalue weighted by molar-refractivity contribution is -0.121. The van der Waals surface area contributed by atoms with Crippen LogP contribution in [0.1, 0.15) is 18.9 Å². The van der Waals surface area contributed by atoms with Gasteiger partial charge in [0.15, 0.2) is 0 Å². The number of hydrogen-bond donors (Lipinski definition) is 2. The lowest BCUT2D eigenvalue weighted by Crippen LogP contribution is -2.40. The van der Waals surface area contributed by atoms with Crippen molar-refractivity contribution < 1.29 is 9.59 Å². The first-order valence-electron chi connectivity index (χ1n) is 6.47. The normalized spacial score (nSPS) is 11.7. The Balaban J connectivity index is 2.77. The van der Waals surface area contributed by atoms with Crippen molar-refractivity contribution in [3.63, 3.8) is 0 Å². The van der Waals surface area contributed by atoms with Crippen LogP contribution >= 0.6 is 23.2 Å². The van der Waals surface area contributed by atoms with Crippen molar-refractivity contribution in [2.24, 2.45) is 0 Å². The molecule has 2 N–H and O–H groups in total. The molecule has 5 nitrogen and oxygen atoms in total. The molecule has 21 heavy (non-hydrogen) atoms. The van der Waals surface area contributed by atoms with Crippen molar-refractivity contribution in [1.82, 2.24) is 10.2 Å². The topological polar surface area (TPSA) is 61.4 Å². The second kappa shape index (κ2) is 7.52. The van der Waals surface area contributed by atoms with Crippen LogP contribution in [0.25, 0.3) is 0 Å². The van der Waals surface area contributed by atoms with Crippen LogP contribution in [0, 0.1) is 6.92 Å². The van der Waals surface area contributed by atoms with E-state index < -0.39 is 0 Å². The van der Waals surface area contributed by atoms with Gasteiger partial charge in [0.25, 0.3) is 0 Å². The molecule has 0 fully saturated rings. The van der Waals surface area contributed by atoms with E-state index in [2.05, 4.69) is 10.6 Å². The molecule has 1 atom stereocenters. The van der Waals surface area contributed by atoms with E-state index in [4.69, 9.17) is 23.2 Å². The van der Waals surface area contributed by atoms with Crippen LogP contribution in [0.4, 0.5) is 10.5 Å². The molecular formula is C14H19Cl2N3O2. The van der Waals surface area contributed by atoms with Crippen LogP contribution in [0.15, 0.2) is 12.1 Å². The van der Waals surface area contributed by atoms with Crippen molar-refractivity contribution >= 4 is 40.8 Å². The molecule has 3 amide bonds. The summed E-state index contributed by atoms with van der Waals surface area (Å²) in [5.74, 6) is -0.123. The Kier molecular flexibility index (Phi) is 6.30. The molecule has 0 aliphatic carbocycles. The first kappa shape index (κ1) is 17.6. The minimum absolute atomic E-state index is 0.123. The summed E-state index contributed by atoms with van der Waals surface area (Å²) in [6.07, 6.45) is 0.230. The minimum atomic E-state index is -0.338. The Morgan fingerprint density at radius 2 is 1.95 bits per heavy atom. The zero-order valence-electron chi connectivity index (χ0n) is 12.5. The lowest BCUT2D eigenvalue weighted by Gasteiger charge is -2.25. The maximum Gasteiger partial charge on any atom is 0.321 e. The highest BCUT2D eigenvalue weighted by Crippen LogP contribution is 2.31. The van der Waals surface area contributed by atoms with Gasteiger partial charge in [-0.1, -0.05) is 23.2 Å². The van der Waals surface area contributed by atoms with Crippen molar-refractivity contribution in [3.05, 3.63) is 27.7 Å². The zero-order chi connectivity index (χ0) is 16.2. The largest absolute Gasteiger partial charge is 0.359 e. The number of benzene rings is 1. The highest BCUT2D eigenvalue weighted by atomic mass is 35.5. The van der Waals surface area contributed by atoms with Crippen LogP contribution in [0.3, 0.4) is 0 Å². The molecule has 0 saturated heterocycles. The molecule has 7 heteroatoms. The first-order chi connectivity index (χ1) is 9.77. The molecule has 0 spiro atoms. The average molecular weight is 332 g/mol. The molecule has 0 aromatic heterocycles. The van der Waals surface area contributed by atoms with E-state index in [0.717, 1.165) is 0 Å². The van der Waals surface area contributed by atoms with Crippen molar-refractivity contribution in [2.75, 3.05) is 19.4 Å². The van der Waals surface area contributed by atoms with Gasteiger partial charge < -0.3 is 15.5 Å². The molecule has 116 valence electrons. The molecule has 0 bridgehead atoms. The predicted molar refractivity (Wildman–Crippen MR) is 86.1 cm³/mol. The Bertz CT molecular complexity index is 549. The number of nitrogens with zero attached hydrogens (tertiary/aromatic N) is 1. The van der Waals surface area contributed by atoms with Gasteiger partial charge in [-0.3, -0.25) is 4.79 Å². The fourth-order valence-corrected chi connectivity index (χ4v) is 2.09. The third kappa shape index (κ3) is 4.51. The fourth-order valence-electron chi connectivity index (χ4n) is 1.67. The highest BCUT2D eigenvalue weighted by molar-refractivity contribution is 6.38. The van der Waals surface area contributed by atoms with Gasteiger partial charge in [-0.05, 0) is 31.5 Å².